The second kappa shape index (κ2) is 6.36. The zero-order chi connectivity index (χ0) is 13.0. The molecule has 2 N–H and O–H groups in total. The second-order valence-electron chi connectivity index (χ2n) is 6.29. The van der Waals surface area contributed by atoms with E-state index in [-0.39, 0.29) is 5.54 Å². The van der Waals surface area contributed by atoms with Gasteiger partial charge >= 0.3 is 0 Å². The van der Waals surface area contributed by atoms with Gasteiger partial charge in [-0.2, -0.15) is 0 Å². The van der Waals surface area contributed by atoms with Crippen molar-refractivity contribution >= 4 is 0 Å². The number of rotatable bonds is 8. The summed E-state index contributed by atoms with van der Waals surface area (Å²) in [6, 6.07) is 0.687. The van der Waals surface area contributed by atoms with E-state index in [0.29, 0.717) is 12.6 Å². The Labute approximate surface area is 112 Å². The Morgan fingerprint density at radius 3 is 2.61 bits per heavy atom. The number of hydrogen-bond acceptors (Lipinski definition) is 3. The molecule has 0 saturated heterocycles. The molecule has 0 aromatic carbocycles. The van der Waals surface area contributed by atoms with Crippen molar-refractivity contribution in [1.82, 2.24) is 10.2 Å². The smallest absolute Gasteiger partial charge is 0.0613 e. The Kier molecular flexibility index (Phi) is 5.05. The van der Waals surface area contributed by atoms with Gasteiger partial charge in [0.25, 0.3) is 0 Å². The predicted octanol–water partition coefficient (Wildman–Crippen LogP) is 2.00. The van der Waals surface area contributed by atoms with E-state index in [9.17, 15) is 5.11 Å². The van der Waals surface area contributed by atoms with Crippen LogP contribution < -0.4 is 5.32 Å². The largest absolute Gasteiger partial charge is 0.394 e. The van der Waals surface area contributed by atoms with Crippen LogP contribution in [0.25, 0.3) is 0 Å². The minimum absolute atomic E-state index is 0.0116. The molecule has 18 heavy (non-hydrogen) atoms. The summed E-state index contributed by atoms with van der Waals surface area (Å²) in [6.45, 7) is 8.25. The number of aliphatic hydroxyl groups excluding tert-OH is 1. The first-order chi connectivity index (χ1) is 8.73. The topological polar surface area (TPSA) is 35.5 Å². The summed E-state index contributed by atoms with van der Waals surface area (Å²) in [4.78, 5) is 2.66. The standard InChI is InChI=1S/C15H30N2O/c1-3-9-16-15(12-18)8-7-14(10-15)17(4-2)11-13-5-6-13/h13-14,16,18H,3-12H2,1-2H3. The minimum atomic E-state index is 0.0116. The SMILES string of the molecule is CCCNC1(CO)CCC(N(CC)CC2CC2)C1. The quantitative estimate of drug-likeness (QED) is 0.695. The van der Waals surface area contributed by atoms with Gasteiger partial charge in [-0.3, -0.25) is 0 Å². The fourth-order valence-corrected chi connectivity index (χ4v) is 3.33. The zero-order valence-electron chi connectivity index (χ0n) is 12.1. The first-order valence-corrected chi connectivity index (χ1v) is 7.83. The third kappa shape index (κ3) is 3.46. The van der Waals surface area contributed by atoms with Crippen LogP contribution in [0.3, 0.4) is 0 Å². The number of aliphatic hydroxyl groups is 1. The van der Waals surface area contributed by atoms with E-state index in [2.05, 4.69) is 24.1 Å². The van der Waals surface area contributed by atoms with Gasteiger partial charge in [0.1, 0.15) is 0 Å². The lowest BCUT2D eigenvalue weighted by Crippen LogP contribution is -2.48. The lowest BCUT2D eigenvalue weighted by atomic mass is 9.98. The molecule has 0 aliphatic heterocycles. The Balaban J connectivity index is 1.87. The van der Waals surface area contributed by atoms with Crippen LogP contribution in [0.5, 0.6) is 0 Å². The molecule has 2 saturated carbocycles. The molecule has 2 aliphatic carbocycles. The monoisotopic (exact) mass is 254 g/mol. The summed E-state index contributed by atoms with van der Waals surface area (Å²) < 4.78 is 0. The molecule has 0 aromatic heterocycles. The zero-order valence-corrected chi connectivity index (χ0v) is 12.1. The molecule has 2 atom stereocenters. The van der Waals surface area contributed by atoms with E-state index < -0.39 is 0 Å². The van der Waals surface area contributed by atoms with Gasteiger partial charge in [0.15, 0.2) is 0 Å². The average Bonchev–Trinajstić information content (AvgIpc) is 3.12. The third-order valence-corrected chi connectivity index (χ3v) is 4.75. The highest BCUT2D eigenvalue weighted by Gasteiger charge is 2.40. The van der Waals surface area contributed by atoms with Crippen LogP contribution >= 0.6 is 0 Å². The maximum absolute atomic E-state index is 9.73. The highest BCUT2D eigenvalue weighted by Crippen LogP contribution is 2.36. The summed E-state index contributed by atoms with van der Waals surface area (Å²) in [7, 11) is 0. The van der Waals surface area contributed by atoms with E-state index in [1.165, 1.54) is 25.8 Å². The first-order valence-electron chi connectivity index (χ1n) is 7.83. The van der Waals surface area contributed by atoms with Crippen molar-refractivity contribution < 1.29 is 5.11 Å². The van der Waals surface area contributed by atoms with Crippen molar-refractivity contribution in [3.63, 3.8) is 0 Å². The third-order valence-electron chi connectivity index (χ3n) is 4.75. The predicted molar refractivity (Wildman–Crippen MR) is 75.7 cm³/mol. The second-order valence-corrected chi connectivity index (χ2v) is 6.29. The van der Waals surface area contributed by atoms with Crippen LogP contribution in [-0.2, 0) is 0 Å². The molecular formula is C15H30N2O. The molecule has 0 aromatic rings. The fourth-order valence-electron chi connectivity index (χ4n) is 3.33. The van der Waals surface area contributed by atoms with Crippen molar-refractivity contribution in [3.05, 3.63) is 0 Å². The average molecular weight is 254 g/mol. The van der Waals surface area contributed by atoms with Gasteiger partial charge in [-0.25, -0.2) is 0 Å². The Morgan fingerprint density at radius 2 is 2.06 bits per heavy atom. The van der Waals surface area contributed by atoms with Crippen LogP contribution in [-0.4, -0.2) is 47.8 Å². The lowest BCUT2D eigenvalue weighted by molar-refractivity contribution is 0.142. The molecule has 0 amide bonds. The fraction of sp³-hybridized carbons (Fsp3) is 1.00. The van der Waals surface area contributed by atoms with Gasteiger partial charge in [0.2, 0.25) is 0 Å². The Hall–Kier alpha value is -0.120. The van der Waals surface area contributed by atoms with Crippen molar-refractivity contribution in [2.45, 2.75) is 64.0 Å². The normalized spacial score (nSPS) is 32.3. The van der Waals surface area contributed by atoms with Crippen LogP contribution in [0.15, 0.2) is 0 Å². The van der Waals surface area contributed by atoms with Gasteiger partial charge in [0.05, 0.1) is 6.61 Å². The Morgan fingerprint density at radius 1 is 1.28 bits per heavy atom. The molecule has 2 fully saturated rings. The maximum atomic E-state index is 9.73. The summed E-state index contributed by atoms with van der Waals surface area (Å²) in [5.41, 5.74) is 0.0116. The number of hydrogen-bond donors (Lipinski definition) is 2. The molecule has 0 spiro atoms. The van der Waals surface area contributed by atoms with Crippen molar-refractivity contribution in [1.29, 1.82) is 0 Å². The summed E-state index contributed by atoms with van der Waals surface area (Å²) >= 11 is 0. The first kappa shape index (κ1) is 14.3. The molecule has 106 valence electrons. The molecule has 0 heterocycles. The van der Waals surface area contributed by atoms with E-state index in [0.717, 1.165) is 38.3 Å². The number of nitrogens with zero attached hydrogens (tertiary/aromatic N) is 1. The molecule has 2 unspecified atom stereocenters. The van der Waals surface area contributed by atoms with Crippen molar-refractivity contribution in [2.24, 2.45) is 5.92 Å². The van der Waals surface area contributed by atoms with E-state index in [4.69, 9.17) is 0 Å². The number of nitrogens with one attached hydrogen (secondary N) is 1. The van der Waals surface area contributed by atoms with E-state index in [1.807, 2.05) is 0 Å². The molecule has 2 rings (SSSR count). The molecule has 2 aliphatic rings. The van der Waals surface area contributed by atoms with Crippen LogP contribution in [0.2, 0.25) is 0 Å². The van der Waals surface area contributed by atoms with Crippen LogP contribution in [0.1, 0.15) is 52.4 Å². The van der Waals surface area contributed by atoms with E-state index in [1.54, 1.807) is 0 Å². The van der Waals surface area contributed by atoms with Crippen molar-refractivity contribution in [3.8, 4) is 0 Å². The van der Waals surface area contributed by atoms with E-state index >= 15 is 0 Å². The Bertz CT molecular complexity index is 255. The molecule has 0 radical (unpaired) electrons. The molecule has 3 nitrogen and oxygen atoms in total. The summed E-state index contributed by atoms with van der Waals surface area (Å²) in [5, 5.41) is 13.3. The minimum Gasteiger partial charge on any atom is -0.394 e. The molecular weight excluding hydrogens is 224 g/mol. The van der Waals surface area contributed by atoms with Gasteiger partial charge in [0, 0.05) is 18.1 Å². The summed E-state index contributed by atoms with van der Waals surface area (Å²) in [6.07, 6.45) is 7.52. The van der Waals surface area contributed by atoms with Crippen LogP contribution in [0, 0.1) is 5.92 Å². The van der Waals surface area contributed by atoms with Gasteiger partial charge in [-0.1, -0.05) is 13.8 Å². The molecule has 0 bridgehead atoms. The highest BCUT2D eigenvalue weighted by molar-refractivity contribution is 4.99. The molecule has 3 heteroatoms. The highest BCUT2D eigenvalue weighted by atomic mass is 16.3. The van der Waals surface area contributed by atoms with Gasteiger partial charge < -0.3 is 15.3 Å². The van der Waals surface area contributed by atoms with Gasteiger partial charge in [-0.15, -0.1) is 0 Å². The van der Waals surface area contributed by atoms with Gasteiger partial charge in [-0.05, 0) is 57.5 Å². The maximum Gasteiger partial charge on any atom is 0.0613 e. The lowest BCUT2D eigenvalue weighted by Gasteiger charge is -2.32. The van der Waals surface area contributed by atoms with Crippen LogP contribution in [0.4, 0.5) is 0 Å². The van der Waals surface area contributed by atoms with Crippen molar-refractivity contribution in [2.75, 3.05) is 26.2 Å². The summed E-state index contributed by atoms with van der Waals surface area (Å²) in [5.74, 6) is 0.970.